The van der Waals surface area contributed by atoms with Crippen LogP contribution in [0.15, 0.2) is 53.0 Å². The Labute approximate surface area is 221 Å². The summed E-state index contributed by atoms with van der Waals surface area (Å²) in [5.41, 5.74) is 0.399. The van der Waals surface area contributed by atoms with Crippen LogP contribution in [0.4, 0.5) is 5.00 Å². The van der Waals surface area contributed by atoms with Gasteiger partial charge in [0.1, 0.15) is 21.5 Å². The quantitative estimate of drug-likeness (QED) is 0.209. The number of amides is 1. The molecular formula is C23H24N4O7S3. The molecule has 1 amide bonds. The molecule has 2 aromatic heterocycles. The Morgan fingerprint density at radius 2 is 1.81 bits per heavy atom. The van der Waals surface area contributed by atoms with Gasteiger partial charge in [-0.1, -0.05) is 36.0 Å². The van der Waals surface area contributed by atoms with Crippen molar-refractivity contribution in [2.45, 2.75) is 29.3 Å². The zero-order valence-electron chi connectivity index (χ0n) is 20.2. The Morgan fingerprint density at radius 3 is 2.43 bits per heavy atom. The number of benzene rings is 1. The number of carbonyl (C=O) groups is 3. The van der Waals surface area contributed by atoms with Crippen molar-refractivity contribution in [1.82, 2.24) is 14.8 Å². The Morgan fingerprint density at radius 1 is 1.14 bits per heavy atom. The molecule has 0 saturated heterocycles. The minimum absolute atomic E-state index is 0.0643. The fourth-order valence-corrected chi connectivity index (χ4v) is 6.44. The van der Waals surface area contributed by atoms with Gasteiger partial charge in [-0.05, 0) is 24.6 Å². The molecule has 0 aliphatic rings. The van der Waals surface area contributed by atoms with Crippen molar-refractivity contribution in [3.63, 3.8) is 0 Å². The Bertz CT molecular complexity index is 1430. The fraction of sp³-hybridized carbons (Fsp3) is 0.261. The van der Waals surface area contributed by atoms with Crippen LogP contribution < -0.4 is 5.32 Å². The number of carbonyl (C=O) groups excluding carboxylic acids is 3. The molecule has 1 aromatic carbocycles. The van der Waals surface area contributed by atoms with Gasteiger partial charge < -0.3 is 19.4 Å². The lowest BCUT2D eigenvalue weighted by Crippen LogP contribution is -2.16. The first-order chi connectivity index (χ1) is 17.6. The second-order valence-electron chi connectivity index (χ2n) is 7.45. The number of esters is 2. The van der Waals surface area contributed by atoms with Gasteiger partial charge in [-0.2, -0.15) is 0 Å². The van der Waals surface area contributed by atoms with Crippen molar-refractivity contribution in [2.75, 3.05) is 25.3 Å². The molecule has 0 saturated carbocycles. The van der Waals surface area contributed by atoms with Crippen molar-refractivity contribution >= 4 is 55.8 Å². The molecule has 37 heavy (non-hydrogen) atoms. The fourth-order valence-electron chi connectivity index (χ4n) is 3.26. The third kappa shape index (κ3) is 6.45. The van der Waals surface area contributed by atoms with Crippen molar-refractivity contribution < 1.29 is 32.3 Å². The van der Waals surface area contributed by atoms with Crippen LogP contribution in [0.2, 0.25) is 0 Å². The maximum absolute atomic E-state index is 12.8. The van der Waals surface area contributed by atoms with Gasteiger partial charge in [-0.25, -0.2) is 18.0 Å². The lowest BCUT2D eigenvalue weighted by molar-refractivity contribution is -0.113. The maximum Gasteiger partial charge on any atom is 0.348 e. The van der Waals surface area contributed by atoms with Crippen LogP contribution in [-0.2, 0) is 36.4 Å². The van der Waals surface area contributed by atoms with Gasteiger partial charge in [-0.15, -0.1) is 28.1 Å². The molecule has 0 aliphatic heterocycles. The third-order valence-electron chi connectivity index (χ3n) is 5.02. The summed E-state index contributed by atoms with van der Waals surface area (Å²) < 4.78 is 36.7. The number of aromatic nitrogens is 3. The van der Waals surface area contributed by atoms with E-state index in [1.54, 1.807) is 35.8 Å². The van der Waals surface area contributed by atoms with Crippen LogP contribution in [0, 0.1) is 6.92 Å². The largest absolute Gasteiger partial charge is 0.465 e. The van der Waals surface area contributed by atoms with Crippen LogP contribution in [0.25, 0.3) is 0 Å². The number of sulfone groups is 1. The number of thiophene rings is 1. The van der Waals surface area contributed by atoms with E-state index < -0.39 is 27.7 Å². The predicted octanol–water partition coefficient (Wildman–Crippen LogP) is 3.11. The SMILES string of the molecule is C=CCn1c(CS(=O)(=O)c2ccccc2)nnc1SCC(=O)Nc1sc(C(=O)OC)c(C)c1C(=O)OC. The highest BCUT2D eigenvalue weighted by Gasteiger charge is 2.27. The summed E-state index contributed by atoms with van der Waals surface area (Å²) >= 11 is 1.93. The van der Waals surface area contributed by atoms with Crippen LogP contribution in [0.5, 0.6) is 0 Å². The zero-order chi connectivity index (χ0) is 27.2. The average molecular weight is 565 g/mol. The number of anilines is 1. The number of thioether (sulfide) groups is 1. The highest BCUT2D eigenvalue weighted by molar-refractivity contribution is 7.99. The summed E-state index contributed by atoms with van der Waals surface area (Å²) in [4.78, 5) is 37.4. The number of methoxy groups -OCH3 is 2. The number of rotatable bonds is 11. The molecular weight excluding hydrogens is 540 g/mol. The lowest BCUT2D eigenvalue weighted by atomic mass is 10.1. The predicted molar refractivity (Wildman–Crippen MR) is 139 cm³/mol. The van der Waals surface area contributed by atoms with E-state index in [4.69, 9.17) is 9.47 Å². The minimum Gasteiger partial charge on any atom is -0.465 e. The first-order valence-electron chi connectivity index (χ1n) is 10.7. The van der Waals surface area contributed by atoms with Crippen LogP contribution in [0.1, 0.15) is 31.4 Å². The van der Waals surface area contributed by atoms with E-state index in [1.165, 1.54) is 26.4 Å². The van der Waals surface area contributed by atoms with Gasteiger partial charge in [0.2, 0.25) is 5.91 Å². The number of allylic oxidation sites excluding steroid dienone is 1. The average Bonchev–Trinajstić information content (AvgIpc) is 3.41. The minimum atomic E-state index is -3.67. The summed E-state index contributed by atoms with van der Waals surface area (Å²) in [7, 11) is -1.26. The first kappa shape index (κ1) is 28.1. The van der Waals surface area contributed by atoms with E-state index in [1.807, 2.05) is 0 Å². The maximum atomic E-state index is 12.8. The molecule has 0 unspecified atom stereocenters. The van der Waals surface area contributed by atoms with Gasteiger partial charge >= 0.3 is 11.9 Å². The molecule has 0 atom stereocenters. The van der Waals surface area contributed by atoms with Gasteiger partial charge in [0.05, 0.1) is 30.4 Å². The Hall–Kier alpha value is -3.49. The monoisotopic (exact) mass is 564 g/mol. The Balaban J connectivity index is 1.78. The highest BCUT2D eigenvalue weighted by Crippen LogP contribution is 2.34. The number of hydrogen-bond acceptors (Lipinski definition) is 11. The van der Waals surface area contributed by atoms with Gasteiger partial charge in [0.25, 0.3) is 0 Å². The van der Waals surface area contributed by atoms with E-state index >= 15 is 0 Å². The lowest BCUT2D eigenvalue weighted by Gasteiger charge is -2.09. The number of ether oxygens (including phenoxy) is 2. The van der Waals surface area contributed by atoms with Crippen LogP contribution in [0.3, 0.4) is 0 Å². The molecule has 3 aromatic rings. The number of nitrogens with zero attached hydrogens (tertiary/aromatic N) is 3. The molecule has 0 spiro atoms. The summed E-state index contributed by atoms with van der Waals surface area (Å²) in [5.74, 6) is -2.14. The molecule has 0 aliphatic carbocycles. The second kappa shape index (κ2) is 12.2. The van der Waals surface area contributed by atoms with E-state index in [2.05, 4.69) is 22.1 Å². The van der Waals surface area contributed by atoms with Crippen LogP contribution >= 0.6 is 23.1 Å². The first-order valence-corrected chi connectivity index (χ1v) is 14.1. The highest BCUT2D eigenvalue weighted by atomic mass is 32.2. The molecule has 0 fully saturated rings. The summed E-state index contributed by atoms with van der Waals surface area (Å²) in [6.45, 7) is 5.48. The standard InChI is InChI=1S/C23H24N4O7S3/c1-5-11-27-16(13-37(31,32)15-9-7-6-8-10-15)25-26-23(27)35-12-17(28)24-20-18(21(29)33-3)14(2)19(36-20)22(30)34-4/h5-10H,1,11-13H2,2-4H3,(H,24,28). The normalized spacial score (nSPS) is 11.1. The van der Waals surface area contributed by atoms with Crippen molar-refractivity contribution in [2.24, 2.45) is 0 Å². The van der Waals surface area contributed by atoms with E-state index in [-0.39, 0.29) is 44.2 Å². The number of nitrogens with one attached hydrogen (secondary N) is 1. The smallest absolute Gasteiger partial charge is 0.348 e. The summed E-state index contributed by atoms with van der Waals surface area (Å²) in [6.07, 6.45) is 1.57. The molecule has 11 nitrogen and oxygen atoms in total. The molecule has 3 rings (SSSR count). The molecule has 0 bridgehead atoms. The molecule has 14 heteroatoms. The zero-order valence-corrected chi connectivity index (χ0v) is 22.7. The van der Waals surface area contributed by atoms with Crippen molar-refractivity contribution in [3.8, 4) is 0 Å². The van der Waals surface area contributed by atoms with Gasteiger partial charge in [0, 0.05) is 6.54 Å². The van der Waals surface area contributed by atoms with Crippen molar-refractivity contribution in [3.05, 3.63) is 64.8 Å². The van der Waals surface area contributed by atoms with Crippen LogP contribution in [-0.4, -0.2) is 61.0 Å². The molecule has 196 valence electrons. The summed E-state index contributed by atoms with van der Waals surface area (Å²) in [5, 5.41) is 11.2. The Kier molecular flexibility index (Phi) is 9.23. The van der Waals surface area contributed by atoms with Gasteiger partial charge in [-0.3, -0.25) is 4.79 Å². The third-order valence-corrected chi connectivity index (χ3v) is 8.80. The van der Waals surface area contributed by atoms with E-state index in [9.17, 15) is 22.8 Å². The van der Waals surface area contributed by atoms with E-state index in [0.29, 0.717) is 10.7 Å². The number of hydrogen-bond donors (Lipinski definition) is 1. The topological polar surface area (TPSA) is 147 Å². The van der Waals surface area contributed by atoms with Crippen molar-refractivity contribution in [1.29, 1.82) is 0 Å². The molecule has 0 radical (unpaired) electrons. The summed E-state index contributed by atoms with van der Waals surface area (Å²) in [6, 6.07) is 8.00. The van der Waals surface area contributed by atoms with E-state index in [0.717, 1.165) is 23.1 Å². The molecule has 2 heterocycles. The van der Waals surface area contributed by atoms with Gasteiger partial charge in [0.15, 0.2) is 15.0 Å². The molecule has 1 N–H and O–H groups in total. The second-order valence-corrected chi connectivity index (χ2v) is 11.4.